The molecule has 1 saturated carbocycles. The van der Waals surface area contributed by atoms with E-state index in [4.69, 9.17) is 0 Å². The van der Waals surface area contributed by atoms with Crippen LogP contribution in [0.3, 0.4) is 0 Å². The number of rotatable bonds is 6. The monoisotopic (exact) mass is 427 g/mol. The van der Waals surface area contributed by atoms with Crippen molar-refractivity contribution in [1.29, 1.82) is 0 Å². The molecule has 3 N–H and O–H groups in total. The Balaban J connectivity index is 1.37. The number of carbonyl (C=O) groups excluding carboxylic acids is 5. The number of nitrogens with one attached hydrogen (secondary N) is 3. The quantitative estimate of drug-likeness (QED) is 0.579. The fourth-order valence-corrected chi connectivity index (χ4v) is 4.44. The Morgan fingerprint density at radius 3 is 2.35 bits per heavy atom. The van der Waals surface area contributed by atoms with Crippen LogP contribution in [-0.4, -0.2) is 57.3 Å². The minimum Gasteiger partial charge on any atom is -0.323 e. The summed E-state index contributed by atoms with van der Waals surface area (Å²) in [5.41, 5.74) is 1.16. The number of aryl methyl sites for hydroxylation is 1. The van der Waals surface area contributed by atoms with Crippen molar-refractivity contribution in [2.24, 2.45) is 0 Å². The van der Waals surface area contributed by atoms with Crippen LogP contribution in [0.25, 0.3) is 0 Å². The summed E-state index contributed by atoms with van der Waals surface area (Å²) in [6.07, 6.45) is 3.66. The van der Waals surface area contributed by atoms with E-state index in [9.17, 15) is 24.0 Å². The minimum absolute atomic E-state index is 0.351. The predicted molar refractivity (Wildman–Crippen MR) is 108 cm³/mol. The Kier molecular flexibility index (Phi) is 5.16. The van der Waals surface area contributed by atoms with E-state index in [2.05, 4.69) is 16.1 Å². The summed E-state index contributed by atoms with van der Waals surface area (Å²) in [4.78, 5) is 63.4. The lowest BCUT2D eigenvalue weighted by Crippen LogP contribution is -2.52. The van der Waals surface area contributed by atoms with Gasteiger partial charge < -0.3 is 10.6 Å². The Labute approximate surface area is 179 Å². The molecule has 1 aromatic rings. The van der Waals surface area contributed by atoms with Crippen LogP contribution in [0.5, 0.6) is 0 Å². The van der Waals surface area contributed by atoms with Gasteiger partial charge in [-0.25, -0.2) is 9.59 Å². The molecule has 7 amide bonds. The van der Waals surface area contributed by atoms with Crippen molar-refractivity contribution in [1.82, 2.24) is 26.0 Å². The van der Waals surface area contributed by atoms with Crippen LogP contribution in [0, 0.1) is 0 Å². The molecule has 3 fully saturated rings. The molecule has 0 aromatic heterocycles. The first-order chi connectivity index (χ1) is 14.7. The van der Waals surface area contributed by atoms with Crippen LogP contribution in [0.2, 0.25) is 0 Å². The van der Waals surface area contributed by atoms with Gasteiger partial charge in [-0.3, -0.25) is 24.7 Å². The highest BCUT2D eigenvalue weighted by Gasteiger charge is 2.53. The van der Waals surface area contributed by atoms with Crippen molar-refractivity contribution in [2.75, 3.05) is 6.54 Å². The van der Waals surface area contributed by atoms with Crippen molar-refractivity contribution in [3.63, 3.8) is 0 Å². The molecular weight excluding hydrogens is 402 g/mol. The largest absolute Gasteiger partial charge is 0.344 e. The van der Waals surface area contributed by atoms with Gasteiger partial charge in [-0.2, -0.15) is 5.01 Å². The predicted octanol–water partition coefficient (Wildman–Crippen LogP) is 0.826. The smallest absolute Gasteiger partial charge is 0.323 e. The number of carbonyl (C=O) groups is 5. The average molecular weight is 427 g/mol. The topological polar surface area (TPSA) is 128 Å². The fraction of sp³-hybridized carbons (Fsp3) is 0.476. The molecule has 1 spiro atoms. The molecule has 10 heteroatoms. The average Bonchev–Trinajstić information content (AvgIpc) is 3.37. The van der Waals surface area contributed by atoms with E-state index >= 15 is 0 Å². The van der Waals surface area contributed by atoms with Gasteiger partial charge in [-0.05, 0) is 38.2 Å². The second-order valence-corrected chi connectivity index (χ2v) is 8.53. The SMILES string of the molecule is C[C@@]1(CCc2ccccc2)NC(=O)N(NC(=O)CN2C(=O)NC3(CCCC3)C2=O)C1=O. The lowest BCUT2D eigenvalue weighted by atomic mass is 9.93. The maximum atomic E-state index is 12.8. The molecule has 1 atom stereocenters. The molecule has 0 radical (unpaired) electrons. The zero-order valence-electron chi connectivity index (χ0n) is 17.3. The summed E-state index contributed by atoms with van der Waals surface area (Å²) in [5, 5.41) is 5.93. The van der Waals surface area contributed by atoms with E-state index in [0.29, 0.717) is 30.7 Å². The Hall–Kier alpha value is -3.43. The number of hydrogen-bond acceptors (Lipinski definition) is 5. The fourth-order valence-electron chi connectivity index (χ4n) is 4.44. The number of imide groups is 2. The molecule has 31 heavy (non-hydrogen) atoms. The van der Waals surface area contributed by atoms with Gasteiger partial charge in [0.05, 0.1) is 0 Å². The van der Waals surface area contributed by atoms with E-state index in [1.165, 1.54) is 0 Å². The summed E-state index contributed by atoms with van der Waals surface area (Å²) >= 11 is 0. The second kappa shape index (κ2) is 7.68. The molecular formula is C21H25N5O5. The molecule has 2 aliphatic heterocycles. The molecule has 4 rings (SSSR count). The first-order valence-corrected chi connectivity index (χ1v) is 10.4. The van der Waals surface area contributed by atoms with Gasteiger partial charge >= 0.3 is 12.1 Å². The van der Waals surface area contributed by atoms with Crippen LogP contribution in [-0.2, 0) is 20.8 Å². The third-order valence-electron chi connectivity index (χ3n) is 6.26. The van der Waals surface area contributed by atoms with E-state index in [-0.39, 0.29) is 0 Å². The van der Waals surface area contributed by atoms with Crippen molar-refractivity contribution in [3.8, 4) is 0 Å². The van der Waals surface area contributed by atoms with Gasteiger partial charge in [-0.1, -0.05) is 43.2 Å². The maximum Gasteiger partial charge on any atom is 0.344 e. The van der Waals surface area contributed by atoms with Crippen LogP contribution >= 0.6 is 0 Å². The standard InChI is InChI=1S/C21H25N5O5/c1-20(12-9-14-7-3-2-4-8-14)16(28)26(19(31)22-20)24-15(27)13-25-17(29)21(23-18(25)30)10-5-6-11-21/h2-4,7-8H,5-6,9-13H2,1H3,(H,22,31)(H,23,30)(H,24,27)/t20-/m0/s1. The summed E-state index contributed by atoms with van der Waals surface area (Å²) in [6, 6.07) is 8.16. The number of nitrogens with zero attached hydrogens (tertiary/aromatic N) is 2. The Bertz CT molecular complexity index is 943. The summed E-state index contributed by atoms with van der Waals surface area (Å²) in [5.74, 6) is -1.82. The lowest BCUT2D eigenvalue weighted by Gasteiger charge is -2.22. The van der Waals surface area contributed by atoms with Crippen LogP contribution in [0.4, 0.5) is 9.59 Å². The normalized spacial score (nSPS) is 24.7. The molecule has 0 bridgehead atoms. The highest BCUT2D eigenvalue weighted by Crippen LogP contribution is 2.34. The van der Waals surface area contributed by atoms with Crippen molar-refractivity contribution in [3.05, 3.63) is 35.9 Å². The number of hydrazine groups is 1. The van der Waals surface area contributed by atoms with Crippen LogP contribution < -0.4 is 16.1 Å². The van der Waals surface area contributed by atoms with Crippen LogP contribution in [0.15, 0.2) is 30.3 Å². The summed E-state index contributed by atoms with van der Waals surface area (Å²) in [6.45, 7) is 1.04. The third kappa shape index (κ3) is 3.73. The first kappa shape index (κ1) is 20.8. The van der Waals surface area contributed by atoms with Gasteiger partial charge in [-0.15, -0.1) is 0 Å². The highest BCUT2D eigenvalue weighted by molar-refractivity contribution is 6.10. The zero-order chi connectivity index (χ0) is 22.2. The van der Waals surface area contributed by atoms with Crippen molar-refractivity contribution < 1.29 is 24.0 Å². The number of amides is 7. The third-order valence-corrected chi connectivity index (χ3v) is 6.26. The van der Waals surface area contributed by atoms with E-state index in [1.54, 1.807) is 6.92 Å². The van der Waals surface area contributed by atoms with E-state index in [0.717, 1.165) is 23.3 Å². The molecule has 3 aliphatic rings. The second-order valence-electron chi connectivity index (χ2n) is 8.53. The van der Waals surface area contributed by atoms with Gasteiger partial charge in [0, 0.05) is 0 Å². The molecule has 1 aromatic carbocycles. The lowest BCUT2D eigenvalue weighted by molar-refractivity contribution is -0.140. The van der Waals surface area contributed by atoms with Crippen molar-refractivity contribution >= 4 is 29.8 Å². The highest BCUT2D eigenvalue weighted by atomic mass is 16.2. The molecule has 10 nitrogen and oxygen atoms in total. The van der Waals surface area contributed by atoms with Crippen molar-refractivity contribution in [2.45, 2.75) is 56.5 Å². The first-order valence-electron chi connectivity index (χ1n) is 10.4. The minimum atomic E-state index is -1.17. The van der Waals surface area contributed by atoms with Gasteiger partial charge in [0.2, 0.25) is 0 Å². The molecule has 2 heterocycles. The molecule has 164 valence electrons. The van der Waals surface area contributed by atoms with E-state index in [1.807, 2.05) is 30.3 Å². The molecule has 2 saturated heterocycles. The van der Waals surface area contributed by atoms with Gasteiger partial charge in [0.15, 0.2) is 0 Å². The Morgan fingerprint density at radius 1 is 1.00 bits per heavy atom. The zero-order valence-corrected chi connectivity index (χ0v) is 17.3. The van der Waals surface area contributed by atoms with Gasteiger partial charge in [0.25, 0.3) is 17.7 Å². The van der Waals surface area contributed by atoms with Crippen LogP contribution in [0.1, 0.15) is 44.6 Å². The number of benzene rings is 1. The number of hydrogen-bond donors (Lipinski definition) is 3. The summed E-state index contributed by atoms with van der Waals surface area (Å²) in [7, 11) is 0. The molecule has 0 unspecified atom stereocenters. The molecule has 1 aliphatic carbocycles. The van der Waals surface area contributed by atoms with Gasteiger partial charge in [0.1, 0.15) is 17.6 Å². The number of urea groups is 2. The Morgan fingerprint density at radius 2 is 1.68 bits per heavy atom. The van der Waals surface area contributed by atoms with E-state index < -0.39 is 47.4 Å². The summed E-state index contributed by atoms with van der Waals surface area (Å²) < 4.78 is 0. The maximum absolute atomic E-state index is 12.8.